The van der Waals surface area contributed by atoms with Gasteiger partial charge in [-0.05, 0) is 36.6 Å². The zero-order chi connectivity index (χ0) is 9.76. The molecule has 1 saturated heterocycles. The second-order valence-corrected chi connectivity index (χ2v) is 4.35. The normalized spacial score (nSPS) is 34.3. The van der Waals surface area contributed by atoms with E-state index in [1.807, 2.05) is 0 Å². The van der Waals surface area contributed by atoms with Crippen LogP contribution in [-0.4, -0.2) is 13.1 Å². The van der Waals surface area contributed by atoms with Gasteiger partial charge < -0.3 is 5.32 Å². The van der Waals surface area contributed by atoms with Gasteiger partial charge in [0, 0.05) is 18.0 Å². The number of fused-ring (bicyclic) bond motifs is 1. The lowest BCUT2D eigenvalue weighted by atomic mass is 9.95. The molecule has 14 heavy (non-hydrogen) atoms. The van der Waals surface area contributed by atoms with Crippen molar-refractivity contribution in [2.24, 2.45) is 5.92 Å². The van der Waals surface area contributed by atoms with Crippen molar-refractivity contribution in [1.82, 2.24) is 5.32 Å². The Balaban J connectivity index is 2.04. The monoisotopic (exact) mass is 195 g/mol. The van der Waals surface area contributed by atoms with Crippen molar-refractivity contribution in [3.05, 3.63) is 35.4 Å². The molecule has 2 fully saturated rings. The Morgan fingerprint density at radius 2 is 1.93 bits per heavy atom. The fourth-order valence-electron chi connectivity index (χ4n) is 2.63. The second-order valence-electron chi connectivity index (χ2n) is 4.35. The molecule has 3 heteroatoms. The van der Waals surface area contributed by atoms with Crippen LogP contribution in [0.3, 0.4) is 0 Å². The van der Waals surface area contributed by atoms with Crippen LogP contribution in [0.4, 0.5) is 8.78 Å². The first-order valence-corrected chi connectivity index (χ1v) is 4.88. The molecule has 0 radical (unpaired) electrons. The largest absolute Gasteiger partial charge is 0.316 e. The molecule has 2 aliphatic rings. The Labute approximate surface area is 81.1 Å². The minimum absolute atomic E-state index is 0.0446. The summed E-state index contributed by atoms with van der Waals surface area (Å²) in [7, 11) is 0. The average molecular weight is 195 g/mol. The van der Waals surface area contributed by atoms with Crippen LogP contribution in [0.1, 0.15) is 12.0 Å². The lowest BCUT2D eigenvalue weighted by Crippen LogP contribution is -2.19. The van der Waals surface area contributed by atoms with Crippen LogP contribution in [0.15, 0.2) is 18.2 Å². The Hall–Kier alpha value is -0.960. The fraction of sp³-hybridized carbons (Fsp3) is 0.455. The molecule has 1 aromatic rings. The molecular weight excluding hydrogens is 184 g/mol. The maximum atomic E-state index is 13.0. The van der Waals surface area contributed by atoms with Gasteiger partial charge in [0.15, 0.2) is 0 Å². The summed E-state index contributed by atoms with van der Waals surface area (Å²) < 4.78 is 26.0. The summed E-state index contributed by atoms with van der Waals surface area (Å²) in [4.78, 5) is 0. The highest BCUT2D eigenvalue weighted by molar-refractivity contribution is 5.37. The molecule has 0 amide bonds. The highest BCUT2D eigenvalue weighted by Gasteiger charge is 2.58. The zero-order valence-electron chi connectivity index (χ0n) is 7.69. The van der Waals surface area contributed by atoms with E-state index >= 15 is 0 Å². The van der Waals surface area contributed by atoms with E-state index in [9.17, 15) is 8.78 Å². The molecule has 1 heterocycles. The van der Waals surface area contributed by atoms with Crippen LogP contribution in [-0.2, 0) is 5.41 Å². The molecule has 0 spiro atoms. The van der Waals surface area contributed by atoms with Gasteiger partial charge in [0.25, 0.3) is 0 Å². The van der Waals surface area contributed by atoms with Gasteiger partial charge in [-0.15, -0.1) is 0 Å². The number of piperidine rings is 1. The SMILES string of the molecule is Fc1cc(F)cc(C23CNCC2C3)c1. The average Bonchev–Trinajstić information content (AvgIpc) is 2.69. The van der Waals surface area contributed by atoms with Crippen LogP contribution in [0, 0.1) is 17.6 Å². The molecule has 3 rings (SSSR count). The summed E-state index contributed by atoms with van der Waals surface area (Å²) >= 11 is 0. The number of benzene rings is 1. The number of hydrogen-bond donors (Lipinski definition) is 1. The molecule has 1 aliphatic carbocycles. The third kappa shape index (κ3) is 1.02. The summed E-state index contributed by atoms with van der Waals surface area (Å²) in [5, 5.41) is 3.26. The van der Waals surface area contributed by atoms with Gasteiger partial charge >= 0.3 is 0 Å². The van der Waals surface area contributed by atoms with Crippen LogP contribution in [0.5, 0.6) is 0 Å². The van der Waals surface area contributed by atoms with Crippen molar-refractivity contribution < 1.29 is 8.78 Å². The minimum atomic E-state index is -0.466. The predicted molar refractivity (Wildman–Crippen MR) is 49.0 cm³/mol. The van der Waals surface area contributed by atoms with Gasteiger partial charge in [-0.1, -0.05) is 0 Å². The Morgan fingerprint density at radius 3 is 2.43 bits per heavy atom. The first-order chi connectivity index (χ1) is 6.71. The van der Waals surface area contributed by atoms with Crippen molar-refractivity contribution in [2.45, 2.75) is 11.8 Å². The topological polar surface area (TPSA) is 12.0 Å². The number of hydrogen-bond acceptors (Lipinski definition) is 1. The smallest absolute Gasteiger partial charge is 0.126 e. The van der Waals surface area contributed by atoms with E-state index in [1.165, 1.54) is 12.1 Å². The highest BCUT2D eigenvalue weighted by atomic mass is 19.1. The maximum absolute atomic E-state index is 13.0. The molecule has 0 aromatic heterocycles. The van der Waals surface area contributed by atoms with E-state index in [0.717, 1.165) is 31.1 Å². The fourth-order valence-corrected chi connectivity index (χ4v) is 2.63. The van der Waals surface area contributed by atoms with Crippen molar-refractivity contribution in [3.8, 4) is 0 Å². The Bertz CT molecular complexity index is 371. The van der Waals surface area contributed by atoms with Crippen molar-refractivity contribution >= 4 is 0 Å². The Kier molecular flexibility index (Phi) is 1.52. The molecule has 2 atom stereocenters. The van der Waals surface area contributed by atoms with E-state index in [4.69, 9.17) is 0 Å². The molecule has 2 unspecified atom stereocenters. The van der Waals surface area contributed by atoms with Crippen molar-refractivity contribution in [2.75, 3.05) is 13.1 Å². The number of halogens is 2. The van der Waals surface area contributed by atoms with Crippen LogP contribution in [0.2, 0.25) is 0 Å². The molecule has 1 N–H and O–H groups in total. The van der Waals surface area contributed by atoms with Gasteiger partial charge in [0.1, 0.15) is 11.6 Å². The van der Waals surface area contributed by atoms with E-state index in [0.29, 0.717) is 5.92 Å². The molecular formula is C11H11F2N. The third-order valence-electron chi connectivity index (χ3n) is 3.50. The molecule has 1 aliphatic heterocycles. The summed E-state index contributed by atoms with van der Waals surface area (Å²) in [6.07, 6.45) is 1.07. The molecule has 1 nitrogen and oxygen atoms in total. The van der Waals surface area contributed by atoms with Crippen LogP contribution >= 0.6 is 0 Å². The third-order valence-corrected chi connectivity index (χ3v) is 3.50. The van der Waals surface area contributed by atoms with Gasteiger partial charge in [0.2, 0.25) is 0 Å². The van der Waals surface area contributed by atoms with E-state index < -0.39 is 11.6 Å². The van der Waals surface area contributed by atoms with Gasteiger partial charge in [-0.25, -0.2) is 8.78 Å². The quantitative estimate of drug-likeness (QED) is 0.720. The number of nitrogens with one attached hydrogen (secondary N) is 1. The van der Waals surface area contributed by atoms with E-state index in [2.05, 4.69) is 5.32 Å². The first kappa shape index (κ1) is 8.36. The van der Waals surface area contributed by atoms with Crippen LogP contribution < -0.4 is 5.32 Å². The number of rotatable bonds is 1. The van der Waals surface area contributed by atoms with Crippen molar-refractivity contribution in [1.29, 1.82) is 0 Å². The minimum Gasteiger partial charge on any atom is -0.316 e. The zero-order valence-corrected chi connectivity index (χ0v) is 7.69. The van der Waals surface area contributed by atoms with E-state index in [-0.39, 0.29) is 5.41 Å². The molecule has 74 valence electrons. The molecule has 0 bridgehead atoms. The molecule has 1 saturated carbocycles. The summed E-state index contributed by atoms with van der Waals surface area (Å²) in [6.45, 7) is 1.85. The van der Waals surface area contributed by atoms with Gasteiger partial charge in [-0.3, -0.25) is 0 Å². The highest BCUT2D eigenvalue weighted by Crippen LogP contribution is 2.56. The second kappa shape index (κ2) is 2.54. The summed E-state index contributed by atoms with van der Waals surface area (Å²) in [6, 6.07) is 3.87. The summed E-state index contributed by atoms with van der Waals surface area (Å²) in [5.41, 5.74) is 0.869. The van der Waals surface area contributed by atoms with Gasteiger partial charge in [-0.2, -0.15) is 0 Å². The van der Waals surface area contributed by atoms with Crippen molar-refractivity contribution in [3.63, 3.8) is 0 Å². The van der Waals surface area contributed by atoms with Crippen LogP contribution in [0.25, 0.3) is 0 Å². The van der Waals surface area contributed by atoms with Gasteiger partial charge in [0.05, 0.1) is 0 Å². The molecule has 1 aromatic carbocycles. The lowest BCUT2D eigenvalue weighted by Gasteiger charge is -2.12. The predicted octanol–water partition coefficient (Wildman–Crippen LogP) is 1.83. The lowest BCUT2D eigenvalue weighted by molar-refractivity contribution is 0.569. The Morgan fingerprint density at radius 1 is 1.21 bits per heavy atom. The first-order valence-electron chi connectivity index (χ1n) is 4.88. The maximum Gasteiger partial charge on any atom is 0.126 e. The standard InChI is InChI=1S/C11H11F2N/c12-9-1-7(2-10(13)3-9)11-4-8(11)5-14-6-11/h1-3,8,14H,4-6H2. The summed E-state index contributed by atoms with van der Waals surface area (Å²) in [5.74, 6) is -0.345. The van der Waals surface area contributed by atoms with E-state index in [1.54, 1.807) is 0 Å².